The monoisotopic (exact) mass is 451 g/mol. The summed E-state index contributed by atoms with van der Waals surface area (Å²) in [5, 5.41) is 14.3. The van der Waals surface area contributed by atoms with Gasteiger partial charge in [0, 0.05) is 12.5 Å². The van der Waals surface area contributed by atoms with E-state index >= 15 is 0 Å². The lowest BCUT2D eigenvalue weighted by atomic mass is 9.87. The molecule has 1 unspecified atom stereocenters. The smallest absolute Gasteiger partial charge is 0.161 e. The largest absolute Gasteiger partial charge is 0.504 e. The lowest BCUT2D eigenvalue weighted by molar-refractivity contribution is 0.288. The van der Waals surface area contributed by atoms with E-state index < -0.39 is 0 Å². The van der Waals surface area contributed by atoms with Crippen LogP contribution in [-0.2, 0) is 19.6 Å². The van der Waals surface area contributed by atoms with Gasteiger partial charge in [-0.05, 0) is 65.0 Å². The predicted molar refractivity (Wildman–Crippen MR) is 135 cm³/mol. The SMILES string of the molecule is Oc1cc2c(cc1OCc1ccccc1)CCNCC2c1ccc(OCc2ccccc2)cc1. The van der Waals surface area contributed by atoms with E-state index in [4.69, 9.17) is 9.47 Å². The molecule has 0 saturated heterocycles. The standard InChI is InChI=1S/C30H29NO3/c32-29-18-27-25(17-30(29)34-21-23-9-5-2-6-10-23)15-16-31-19-28(27)24-11-13-26(14-12-24)33-20-22-7-3-1-4-8-22/h1-14,17-18,28,31-32H,15-16,19-21H2. The summed E-state index contributed by atoms with van der Waals surface area (Å²) in [6, 6.07) is 32.4. The van der Waals surface area contributed by atoms with Crippen LogP contribution in [0.15, 0.2) is 97.1 Å². The second-order valence-corrected chi connectivity index (χ2v) is 8.64. The van der Waals surface area contributed by atoms with Crippen LogP contribution in [0.1, 0.15) is 33.7 Å². The molecule has 4 aromatic rings. The van der Waals surface area contributed by atoms with E-state index in [1.54, 1.807) is 0 Å². The summed E-state index contributed by atoms with van der Waals surface area (Å²) in [6.45, 7) is 2.69. The topological polar surface area (TPSA) is 50.7 Å². The molecule has 0 saturated carbocycles. The maximum absolute atomic E-state index is 10.8. The Hall–Kier alpha value is -3.76. The van der Waals surface area contributed by atoms with Gasteiger partial charge in [-0.3, -0.25) is 0 Å². The van der Waals surface area contributed by atoms with Crippen LogP contribution >= 0.6 is 0 Å². The molecular formula is C30H29NO3. The number of rotatable bonds is 7. The first-order valence-electron chi connectivity index (χ1n) is 11.8. The number of nitrogens with one attached hydrogen (secondary N) is 1. The minimum Gasteiger partial charge on any atom is -0.504 e. The van der Waals surface area contributed by atoms with Crippen LogP contribution in [0.25, 0.3) is 0 Å². The van der Waals surface area contributed by atoms with Gasteiger partial charge in [0.25, 0.3) is 0 Å². The van der Waals surface area contributed by atoms with E-state index in [1.165, 1.54) is 11.1 Å². The molecule has 34 heavy (non-hydrogen) atoms. The Morgan fingerprint density at radius 2 is 1.41 bits per heavy atom. The third kappa shape index (κ3) is 5.24. The van der Waals surface area contributed by atoms with Crippen molar-refractivity contribution in [1.29, 1.82) is 0 Å². The third-order valence-corrected chi connectivity index (χ3v) is 6.28. The average molecular weight is 452 g/mol. The van der Waals surface area contributed by atoms with Gasteiger partial charge in [0.1, 0.15) is 19.0 Å². The van der Waals surface area contributed by atoms with Crippen molar-refractivity contribution < 1.29 is 14.6 Å². The van der Waals surface area contributed by atoms with Crippen LogP contribution in [0.5, 0.6) is 17.2 Å². The van der Waals surface area contributed by atoms with Gasteiger partial charge in [0.15, 0.2) is 11.5 Å². The summed E-state index contributed by atoms with van der Waals surface area (Å²) in [6.07, 6.45) is 0.895. The van der Waals surface area contributed by atoms with Gasteiger partial charge in [0.05, 0.1) is 0 Å². The van der Waals surface area contributed by atoms with Gasteiger partial charge in [-0.2, -0.15) is 0 Å². The molecule has 5 rings (SSSR count). The minimum absolute atomic E-state index is 0.148. The molecule has 0 fully saturated rings. The first-order valence-corrected chi connectivity index (χ1v) is 11.8. The van der Waals surface area contributed by atoms with Crippen molar-refractivity contribution in [2.45, 2.75) is 25.6 Å². The van der Waals surface area contributed by atoms with Crippen LogP contribution in [0, 0.1) is 0 Å². The Morgan fingerprint density at radius 3 is 2.09 bits per heavy atom. The molecule has 0 amide bonds. The van der Waals surface area contributed by atoms with E-state index in [1.807, 2.05) is 72.8 Å². The lowest BCUT2D eigenvalue weighted by Crippen LogP contribution is -2.20. The third-order valence-electron chi connectivity index (χ3n) is 6.28. The van der Waals surface area contributed by atoms with Crippen LogP contribution in [-0.4, -0.2) is 18.2 Å². The zero-order chi connectivity index (χ0) is 23.2. The van der Waals surface area contributed by atoms with E-state index in [2.05, 4.69) is 29.6 Å². The van der Waals surface area contributed by atoms with Crippen molar-refractivity contribution in [2.75, 3.05) is 13.1 Å². The average Bonchev–Trinajstić information content (AvgIpc) is 3.09. The highest BCUT2D eigenvalue weighted by molar-refractivity contribution is 5.51. The van der Waals surface area contributed by atoms with Crippen molar-refractivity contribution >= 4 is 0 Å². The molecule has 4 nitrogen and oxygen atoms in total. The van der Waals surface area contributed by atoms with Crippen LogP contribution in [0.4, 0.5) is 0 Å². The van der Waals surface area contributed by atoms with Gasteiger partial charge in [-0.15, -0.1) is 0 Å². The summed E-state index contributed by atoms with van der Waals surface area (Å²) < 4.78 is 11.9. The Labute approximate surface area is 200 Å². The maximum atomic E-state index is 10.8. The normalized spacial score (nSPS) is 15.2. The summed E-state index contributed by atoms with van der Waals surface area (Å²) in [5.41, 5.74) is 5.77. The predicted octanol–water partition coefficient (Wildman–Crippen LogP) is 5.83. The van der Waals surface area contributed by atoms with Gasteiger partial charge >= 0.3 is 0 Å². The van der Waals surface area contributed by atoms with Gasteiger partial charge < -0.3 is 19.9 Å². The van der Waals surface area contributed by atoms with Crippen molar-refractivity contribution in [3.8, 4) is 17.2 Å². The van der Waals surface area contributed by atoms with Gasteiger partial charge in [-0.1, -0.05) is 72.8 Å². The highest BCUT2D eigenvalue weighted by Gasteiger charge is 2.23. The van der Waals surface area contributed by atoms with Crippen LogP contribution < -0.4 is 14.8 Å². The molecule has 0 spiro atoms. The van der Waals surface area contributed by atoms with E-state index in [0.29, 0.717) is 19.0 Å². The first-order chi connectivity index (χ1) is 16.8. The molecule has 0 aliphatic carbocycles. The molecule has 1 aliphatic heterocycles. The Balaban J connectivity index is 1.32. The first kappa shape index (κ1) is 22.1. The summed E-state index contributed by atoms with van der Waals surface area (Å²) in [7, 11) is 0. The minimum atomic E-state index is 0.148. The fourth-order valence-electron chi connectivity index (χ4n) is 4.43. The Morgan fingerprint density at radius 1 is 0.765 bits per heavy atom. The van der Waals surface area contributed by atoms with Crippen LogP contribution in [0.3, 0.4) is 0 Å². The van der Waals surface area contributed by atoms with Crippen LogP contribution in [0.2, 0.25) is 0 Å². The van der Waals surface area contributed by atoms with Gasteiger partial charge in [-0.25, -0.2) is 0 Å². The van der Waals surface area contributed by atoms with E-state index in [-0.39, 0.29) is 11.7 Å². The Bertz CT molecular complexity index is 1210. The molecule has 1 atom stereocenters. The number of aromatic hydroxyl groups is 1. The fourth-order valence-corrected chi connectivity index (χ4v) is 4.43. The molecule has 0 radical (unpaired) electrons. The molecule has 0 aromatic heterocycles. The lowest BCUT2D eigenvalue weighted by Gasteiger charge is -2.20. The molecular weight excluding hydrogens is 422 g/mol. The van der Waals surface area contributed by atoms with E-state index in [9.17, 15) is 5.11 Å². The molecule has 2 N–H and O–H groups in total. The molecule has 172 valence electrons. The van der Waals surface area contributed by atoms with Gasteiger partial charge in [0.2, 0.25) is 0 Å². The highest BCUT2D eigenvalue weighted by atomic mass is 16.5. The number of ether oxygens (including phenoxy) is 2. The number of phenolic OH excluding ortho intramolecular Hbond substituents is 1. The molecule has 0 bridgehead atoms. The number of benzene rings is 4. The zero-order valence-electron chi connectivity index (χ0n) is 19.1. The second kappa shape index (κ2) is 10.4. The molecule has 4 heteroatoms. The van der Waals surface area contributed by atoms with Crippen molar-refractivity contribution in [3.63, 3.8) is 0 Å². The van der Waals surface area contributed by atoms with E-state index in [0.717, 1.165) is 42.0 Å². The van der Waals surface area contributed by atoms with Crippen molar-refractivity contribution in [2.24, 2.45) is 0 Å². The van der Waals surface area contributed by atoms with Crippen molar-refractivity contribution in [1.82, 2.24) is 5.32 Å². The number of hydrogen-bond acceptors (Lipinski definition) is 4. The molecule has 1 aliphatic rings. The molecule has 1 heterocycles. The number of phenols is 1. The highest BCUT2D eigenvalue weighted by Crippen LogP contribution is 2.37. The molecule has 4 aromatic carbocycles. The maximum Gasteiger partial charge on any atom is 0.161 e. The Kier molecular flexibility index (Phi) is 6.78. The van der Waals surface area contributed by atoms with Crippen molar-refractivity contribution in [3.05, 3.63) is 125 Å². The number of fused-ring (bicyclic) bond motifs is 1. The second-order valence-electron chi connectivity index (χ2n) is 8.64. The quantitative estimate of drug-likeness (QED) is 0.371. The summed E-state index contributed by atoms with van der Waals surface area (Å²) >= 11 is 0. The zero-order valence-corrected chi connectivity index (χ0v) is 19.1. The summed E-state index contributed by atoms with van der Waals surface area (Å²) in [5.74, 6) is 1.72. The number of hydrogen-bond donors (Lipinski definition) is 2. The fraction of sp³-hybridized carbons (Fsp3) is 0.200. The summed E-state index contributed by atoms with van der Waals surface area (Å²) in [4.78, 5) is 0.